The number of aromatic amines is 1. The zero-order chi connectivity index (χ0) is 23.4. The SMILES string of the molecule is CC1(NC(=O)O[C@H]2CC[C@@H](c3cc(Nc4nc(C(F)(F)F)cc5nccn45)n[nH]3)[C@H]2F)CC1. The Balaban J connectivity index is 1.29. The molecule has 9 nitrogen and oxygen atoms in total. The van der Waals surface area contributed by atoms with E-state index in [2.05, 4.69) is 30.8 Å². The van der Waals surface area contributed by atoms with Gasteiger partial charge in [-0.05, 0) is 32.6 Å². The molecule has 13 heteroatoms. The Hall–Kier alpha value is -3.38. The minimum absolute atomic E-state index is 0.0634. The Bertz CT molecular complexity index is 1190. The van der Waals surface area contributed by atoms with E-state index in [0.717, 1.165) is 18.9 Å². The van der Waals surface area contributed by atoms with E-state index in [-0.39, 0.29) is 23.0 Å². The van der Waals surface area contributed by atoms with Crippen molar-refractivity contribution in [2.75, 3.05) is 5.32 Å². The number of fused-ring (bicyclic) bond motifs is 1. The van der Waals surface area contributed by atoms with Crippen LogP contribution in [0, 0.1) is 0 Å². The highest BCUT2D eigenvalue weighted by atomic mass is 19.4. The molecule has 2 fully saturated rings. The van der Waals surface area contributed by atoms with E-state index >= 15 is 4.39 Å². The molecular weight excluding hydrogens is 446 g/mol. The fourth-order valence-electron chi connectivity index (χ4n) is 3.96. The molecule has 3 aromatic heterocycles. The number of hydrogen-bond acceptors (Lipinski definition) is 6. The van der Waals surface area contributed by atoms with Crippen LogP contribution in [0.15, 0.2) is 24.5 Å². The molecule has 3 atom stereocenters. The number of rotatable bonds is 5. The summed E-state index contributed by atoms with van der Waals surface area (Å²) < 4.78 is 61.2. The number of carbonyl (C=O) groups excluding carboxylic acids is 1. The normalized spacial score (nSPS) is 24.1. The van der Waals surface area contributed by atoms with Crippen LogP contribution < -0.4 is 10.6 Å². The number of alkyl carbamates (subject to hydrolysis) is 1. The van der Waals surface area contributed by atoms with Crippen LogP contribution in [-0.4, -0.2) is 48.5 Å². The molecule has 0 unspecified atom stereocenters. The van der Waals surface area contributed by atoms with E-state index < -0.39 is 36.2 Å². The molecule has 3 aromatic rings. The van der Waals surface area contributed by atoms with Gasteiger partial charge in [0.2, 0.25) is 5.95 Å². The Morgan fingerprint density at radius 2 is 2.09 bits per heavy atom. The van der Waals surface area contributed by atoms with Crippen LogP contribution in [0.25, 0.3) is 5.65 Å². The minimum Gasteiger partial charge on any atom is -0.443 e. The first kappa shape index (κ1) is 21.5. The number of halogens is 4. The lowest BCUT2D eigenvalue weighted by molar-refractivity contribution is -0.141. The molecular formula is C20H21F4N7O2. The van der Waals surface area contributed by atoms with Gasteiger partial charge in [-0.15, -0.1) is 0 Å². The van der Waals surface area contributed by atoms with Gasteiger partial charge in [0.05, 0.1) is 0 Å². The lowest BCUT2D eigenvalue weighted by Crippen LogP contribution is -2.38. The number of H-pyrrole nitrogens is 1. The fraction of sp³-hybridized carbons (Fsp3) is 0.500. The highest BCUT2D eigenvalue weighted by molar-refractivity contribution is 5.69. The number of nitrogens with one attached hydrogen (secondary N) is 3. The van der Waals surface area contributed by atoms with Crippen LogP contribution in [0.3, 0.4) is 0 Å². The standard InChI is InChI=1S/C20H21F4N7O2/c1-19(4-5-19)28-18(32)33-12-3-2-10(16(12)21)11-8-14(30-29-11)27-17-26-13(20(22,23)24)9-15-25-6-7-31(15)17/h6-10,12,16H,2-5H2,1H3,(H,28,32)(H2,26,27,29,30)/t10-,12-,16+/m0/s1. The van der Waals surface area contributed by atoms with Crippen molar-refractivity contribution in [1.29, 1.82) is 0 Å². The molecule has 0 aliphatic heterocycles. The lowest BCUT2D eigenvalue weighted by Gasteiger charge is -2.19. The van der Waals surface area contributed by atoms with Gasteiger partial charge >= 0.3 is 12.3 Å². The molecule has 3 N–H and O–H groups in total. The predicted octanol–water partition coefficient (Wildman–Crippen LogP) is 4.08. The van der Waals surface area contributed by atoms with Crippen LogP contribution in [0.4, 0.5) is 34.1 Å². The number of amides is 1. The molecule has 0 saturated heterocycles. The second-order valence-electron chi connectivity index (χ2n) is 8.71. The van der Waals surface area contributed by atoms with Crippen LogP contribution in [0.2, 0.25) is 0 Å². The van der Waals surface area contributed by atoms with Crippen LogP contribution in [0.5, 0.6) is 0 Å². The molecule has 2 aliphatic carbocycles. The number of anilines is 2. The number of hydrogen-bond donors (Lipinski definition) is 3. The average molecular weight is 467 g/mol. The van der Waals surface area contributed by atoms with Gasteiger partial charge in [0.1, 0.15) is 17.9 Å². The smallest absolute Gasteiger partial charge is 0.433 e. The first-order valence-corrected chi connectivity index (χ1v) is 10.5. The highest BCUT2D eigenvalue weighted by Gasteiger charge is 2.43. The fourth-order valence-corrected chi connectivity index (χ4v) is 3.96. The molecule has 176 valence electrons. The molecule has 33 heavy (non-hydrogen) atoms. The summed E-state index contributed by atoms with van der Waals surface area (Å²) >= 11 is 0. The molecule has 0 aromatic carbocycles. The summed E-state index contributed by atoms with van der Waals surface area (Å²) in [6, 6.07) is 2.35. The van der Waals surface area contributed by atoms with Crippen molar-refractivity contribution in [2.24, 2.45) is 0 Å². The zero-order valence-corrected chi connectivity index (χ0v) is 17.5. The van der Waals surface area contributed by atoms with Crippen molar-refractivity contribution in [3.8, 4) is 0 Å². The molecule has 0 bridgehead atoms. The van der Waals surface area contributed by atoms with Crippen molar-refractivity contribution in [1.82, 2.24) is 29.9 Å². The van der Waals surface area contributed by atoms with Crippen LogP contribution in [-0.2, 0) is 10.9 Å². The summed E-state index contributed by atoms with van der Waals surface area (Å²) in [7, 11) is 0. The zero-order valence-electron chi connectivity index (χ0n) is 17.5. The Morgan fingerprint density at radius 1 is 1.30 bits per heavy atom. The molecule has 5 rings (SSSR count). The average Bonchev–Trinajstić information content (AvgIpc) is 3.13. The highest BCUT2D eigenvalue weighted by Crippen LogP contribution is 2.39. The Kier molecular flexibility index (Phi) is 4.94. The number of nitrogens with zero attached hydrogens (tertiary/aromatic N) is 4. The van der Waals surface area contributed by atoms with E-state index in [1.807, 2.05) is 6.92 Å². The predicted molar refractivity (Wildman–Crippen MR) is 108 cm³/mol. The molecule has 0 radical (unpaired) electrons. The second-order valence-corrected chi connectivity index (χ2v) is 8.71. The number of carbonyl (C=O) groups is 1. The largest absolute Gasteiger partial charge is 0.443 e. The van der Waals surface area contributed by atoms with Crippen molar-refractivity contribution in [3.63, 3.8) is 0 Å². The maximum absolute atomic E-state index is 15.0. The van der Waals surface area contributed by atoms with Gasteiger partial charge in [-0.1, -0.05) is 0 Å². The van der Waals surface area contributed by atoms with Crippen molar-refractivity contribution in [3.05, 3.63) is 35.9 Å². The van der Waals surface area contributed by atoms with E-state index in [1.165, 1.54) is 22.9 Å². The second kappa shape index (κ2) is 7.59. The summed E-state index contributed by atoms with van der Waals surface area (Å²) in [6.45, 7) is 1.90. The van der Waals surface area contributed by atoms with E-state index in [0.29, 0.717) is 18.5 Å². The van der Waals surface area contributed by atoms with Gasteiger partial charge in [0, 0.05) is 41.7 Å². The summed E-state index contributed by atoms with van der Waals surface area (Å²) in [5, 5.41) is 12.2. The Labute approximate surface area is 184 Å². The Morgan fingerprint density at radius 3 is 2.82 bits per heavy atom. The number of aromatic nitrogens is 5. The van der Waals surface area contributed by atoms with Crippen molar-refractivity contribution in [2.45, 2.75) is 62.5 Å². The van der Waals surface area contributed by atoms with Crippen LogP contribution >= 0.6 is 0 Å². The number of alkyl halides is 4. The van der Waals surface area contributed by atoms with Crippen molar-refractivity contribution >= 4 is 23.5 Å². The van der Waals surface area contributed by atoms with Gasteiger partial charge < -0.3 is 15.4 Å². The van der Waals surface area contributed by atoms with Gasteiger partial charge in [0.25, 0.3) is 0 Å². The first-order valence-electron chi connectivity index (χ1n) is 10.5. The number of imidazole rings is 1. The number of ether oxygens (including phenoxy) is 1. The third-order valence-electron chi connectivity index (χ3n) is 6.08. The van der Waals surface area contributed by atoms with Crippen molar-refractivity contribution < 1.29 is 27.1 Å². The summed E-state index contributed by atoms with van der Waals surface area (Å²) in [6.07, 6.45) is -2.29. The summed E-state index contributed by atoms with van der Waals surface area (Å²) in [4.78, 5) is 19.5. The van der Waals surface area contributed by atoms with E-state index in [1.54, 1.807) is 0 Å². The lowest BCUT2D eigenvalue weighted by atomic mass is 10.0. The van der Waals surface area contributed by atoms with E-state index in [9.17, 15) is 18.0 Å². The molecule has 1 amide bonds. The maximum Gasteiger partial charge on any atom is 0.433 e. The molecule has 2 saturated carbocycles. The van der Waals surface area contributed by atoms with Gasteiger partial charge in [-0.25, -0.2) is 19.2 Å². The molecule has 0 spiro atoms. The monoisotopic (exact) mass is 467 g/mol. The summed E-state index contributed by atoms with van der Waals surface area (Å²) in [5.41, 5.74) is -0.853. The van der Waals surface area contributed by atoms with Gasteiger partial charge in [0.15, 0.2) is 11.5 Å². The minimum atomic E-state index is -4.65. The van der Waals surface area contributed by atoms with Gasteiger partial charge in [-0.3, -0.25) is 9.50 Å². The van der Waals surface area contributed by atoms with E-state index in [4.69, 9.17) is 4.74 Å². The molecule has 2 aliphatic rings. The maximum atomic E-state index is 15.0. The summed E-state index contributed by atoms with van der Waals surface area (Å²) in [5.74, 6) is -0.557. The first-order chi connectivity index (χ1) is 15.6. The van der Waals surface area contributed by atoms with Crippen LogP contribution in [0.1, 0.15) is 49.9 Å². The van der Waals surface area contributed by atoms with Gasteiger partial charge in [-0.2, -0.15) is 18.3 Å². The third kappa shape index (κ3) is 4.31. The quantitative estimate of drug-likeness (QED) is 0.488. The third-order valence-corrected chi connectivity index (χ3v) is 6.08. The topological polar surface area (TPSA) is 109 Å². The molecule has 3 heterocycles.